The summed E-state index contributed by atoms with van der Waals surface area (Å²) in [4.78, 5) is 0. The predicted octanol–water partition coefficient (Wildman–Crippen LogP) is 3.61. The minimum Gasteiger partial charge on any atom is -0.327 e. The molecule has 0 spiro atoms. The van der Waals surface area contributed by atoms with Crippen molar-refractivity contribution < 1.29 is 0 Å². The molecule has 0 aliphatic carbocycles. The average Bonchev–Trinajstić information content (AvgIpc) is 2.16. The monoisotopic (exact) mass is 269 g/mol. The molecule has 0 radical (unpaired) electrons. The van der Waals surface area contributed by atoms with Gasteiger partial charge in [0.05, 0.1) is 0 Å². The molecule has 0 heterocycles. The van der Waals surface area contributed by atoms with Gasteiger partial charge in [0, 0.05) is 10.5 Å². The van der Waals surface area contributed by atoms with Gasteiger partial charge in [-0.3, -0.25) is 0 Å². The van der Waals surface area contributed by atoms with Crippen molar-refractivity contribution in [2.24, 2.45) is 17.6 Å². The van der Waals surface area contributed by atoms with E-state index < -0.39 is 0 Å². The molecule has 0 saturated heterocycles. The summed E-state index contributed by atoms with van der Waals surface area (Å²) in [6.45, 7) is 6.68. The lowest BCUT2D eigenvalue weighted by atomic mass is 9.87. The smallest absolute Gasteiger partial charge is 0.0178 e. The van der Waals surface area contributed by atoms with Crippen molar-refractivity contribution in [3.63, 3.8) is 0 Å². The maximum atomic E-state index is 6.18. The number of halogens is 1. The fraction of sp³-hybridized carbons (Fsp3) is 0.538. The Kier molecular flexibility index (Phi) is 4.81. The van der Waals surface area contributed by atoms with Crippen LogP contribution in [0.25, 0.3) is 0 Å². The highest BCUT2D eigenvalue weighted by atomic mass is 79.9. The molecule has 0 aromatic heterocycles. The Balaban J connectivity index is 2.62. The van der Waals surface area contributed by atoms with Crippen LogP contribution in [0, 0.1) is 11.8 Å². The van der Waals surface area contributed by atoms with E-state index in [-0.39, 0.29) is 6.04 Å². The van der Waals surface area contributed by atoms with Crippen LogP contribution in [0.2, 0.25) is 0 Å². The third kappa shape index (κ3) is 3.96. The van der Waals surface area contributed by atoms with Crippen molar-refractivity contribution >= 4 is 15.9 Å². The normalized spacial score (nSPS) is 15.3. The van der Waals surface area contributed by atoms with E-state index in [2.05, 4.69) is 54.9 Å². The van der Waals surface area contributed by atoms with E-state index in [0.29, 0.717) is 11.8 Å². The van der Waals surface area contributed by atoms with Crippen LogP contribution in [0.5, 0.6) is 0 Å². The minimum atomic E-state index is 0.249. The molecule has 0 amide bonds. The molecule has 1 rings (SSSR count). The zero-order valence-electron chi connectivity index (χ0n) is 9.70. The number of hydrogen-bond acceptors (Lipinski definition) is 1. The summed E-state index contributed by atoms with van der Waals surface area (Å²) in [5, 5.41) is 0. The molecule has 2 N–H and O–H groups in total. The van der Waals surface area contributed by atoms with Crippen molar-refractivity contribution in [1.29, 1.82) is 0 Å². The van der Waals surface area contributed by atoms with Gasteiger partial charge in [-0.05, 0) is 36.0 Å². The lowest BCUT2D eigenvalue weighted by Crippen LogP contribution is -2.33. The van der Waals surface area contributed by atoms with Gasteiger partial charge in [0.2, 0.25) is 0 Å². The van der Waals surface area contributed by atoms with Crippen LogP contribution in [-0.4, -0.2) is 6.04 Å². The van der Waals surface area contributed by atoms with Gasteiger partial charge in [-0.2, -0.15) is 0 Å². The first kappa shape index (κ1) is 12.7. The van der Waals surface area contributed by atoms with Crippen LogP contribution < -0.4 is 5.73 Å². The first-order chi connectivity index (χ1) is 7.00. The Morgan fingerprint density at radius 1 is 1.27 bits per heavy atom. The first-order valence-electron chi connectivity index (χ1n) is 5.50. The maximum absolute atomic E-state index is 6.18. The molecule has 2 atom stereocenters. The van der Waals surface area contributed by atoms with Gasteiger partial charge in [0.25, 0.3) is 0 Å². The molecule has 2 heteroatoms. The predicted molar refractivity (Wildman–Crippen MR) is 69.8 cm³/mol. The summed E-state index contributed by atoms with van der Waals surface area (Å²) in [6.07, 6.45) is 0.957. The van der Waals surface area contributed by atoms with Gasteiger partial charge in [0.1, 0.15) is 0 Å². The second-order valence-electron chi connectivity index (χ2n) is 4.60. The van der Waals surface area contributed by atoms with Gasteiger partial charge < -0.3 is 5.73 Å². The fourth-order valence-electron chi connectivity index (χ4n) is 1.62. The van der Waals surface area contributed by atoms with E-state index in [1.54, 1.807) is 0 Å². The second-order valence-corrected chi connectivity index (χ2v) is 5.52. The molecule has 0 aliphatic heterocycles. The quantitative estimate of drug-likeness (QED) is 0.888. The second kappa shape index (κ2) is 5.66. The summed E-state index contributed by atoms with van der Waals surface area (Å²) in [7, 11) is 0. The third-order valence-corrected chi connectivity index (χ3v) is 3.58. The lowest BCUT2D eigenvalue weighted by molar-refractivity contribution is 0.344. The van der Waals surface area contributed by atoms with Gasteiger partial charge in [-0.15, -0.1) is 0 Å². The fourth-order valence-corrected chi connectivity index (χ4v) is 2.06. The van der Waals surface area contributed by atoms with Gasteiger partial charge >= 0.3 is 0 Å². The molecule has 84 valence electrons. The molecule has 15 heavy (non-hydrogen) atoms. The number of hydrogen-bond donors (Lipinski definition) is 1. The standard InChI is InChI=1S/C13H20BrN/c1-9(2)10(3)13(15)8-11-5-4-6-12(14)7-11/h4-7,9-10,13H,8,15H2,1-3H3. The zero-order valence-corrected chi connectivity index (χ0v) is 11.3. The average molecular weight is 270 g/mol. The molecule has 2 unspecified atom stereocenters. The molecule has 0 saturated carbocycles. The van der Waals surface area contributed by atoms with Crippen LogP contribution >= 0.6 is 15.9 Å². The van der Waals surface area contributed by atoms with Crippen LogP contribution in [0.4, 0.5) is 0 Å². The Morgan fingerprint density at radius 3 is 2.47 bits per heavy atom. The van der Waals surface area contributed by atoms with E-state index in [1.165, 1.54) is 5.56 Å². The molecule has 0 bridgehead atoms. The maximum Gasteiger partial charge on any atom is 0.0178 e. The Bertz CT molecular complexity index is 309. The topological polar surface area (TPSA) is 26.0 Å². The molecule has 1 nitrogen and oxygen atoms in total. The molecule has 1 aromatic rings. The largest absolute Gasteiger partial charge is 0.327 e. The molecule has 0 fully saturated rings. The molecular weight excluding hydrogens is 250 g/mol. The van der Waals surface area contributed by atoms with E-state index >= 15 is 0 Å². The molecule has 0 aliphatic rings. The Hall–Kier alpha value is -0.340. The van der Waals surface area contributed by atoms with Crippen molar-refractivity contribution in [2.75, 3.05) is 0 Å². The molecule has 1 aromatic carbocycles. The van der Waals surface area contributed by atoms with Crippen molar-refractivity contribution in [3.8, 4) is 0 Å². The van der Waals surface area contributed by atoms with E-state index in [4.69, 9.17) is 5.73 Å². The molecular formula is C13H20BrN. The SMILES string of the molecule is CC(C)C(C)C(N)Cc1cccc(Br)c1. The van der Waals surface area contributed by atoms with E-state index in [9.17, 15) is 0 Å². The third-order valence-electron chi connectivity index (χ3n) is 3.09. The van der Waals surface area contributed by atoms with Crippen LogP contribution in [0.15, 0.2) is 28.7 Å². The Labute approximate surface area is 101 Å². The van der Waals surface area contributed by atoms with Crippen molar-refractivity contribution in [3.05, 3.63) is 34.3 Å². The summed E-state index contributed by atoms with van der Waals surface area (Å²) >= 11 is 3.48. The summed E-state index contributed by atoms with van der Waals surface area (Å²) in [6, 6.07) is 8.64. The lowest BCUT2D eigenvalue weighted by Gasteiger charge is -2.23. The van der Waals surface area contributed by atoms with E-state index in [1.807, 2.05) is 6.07 Å². The van der Waals surface area contributed by atoms with Crippen molar-refractivity contribution in [2.45, 2.75) is 33.2 Å². The van der Waals surface area contributed by atoms with Gasteiger partial charge in [-0.25, -0.2) is 0 Å². The van der Waals surface area contributed by atoms with Crippen LogP contribution in [0.1, 0.15) is 26.3 Å². The first-order valence-corrected chi connectivity index (χ1v) is 6.30. The summed E-state index contributed by atoms with van der Waals surface area (Å²) < 4.78 is 1.13. The number of benzene rings is 1. The number of rotatable bonds is 4. The Morgan fingerprint density at radius 2 is 1.93 bits per heavy atom. The van der Waals surface area contributed by atoms with Gasteiger partial charge in [0.15, 0.2) is 0 Å². The highest BCUT2D eigenvalue weighted by Gasteiger charge is 2.16. The minimum absolute atomic E-state index is 0.249. The van der Waals surface area contributed by atoms with Crippen molar-refractivity contribution in [1.82, 2.24) is 0 Å². The van der Waals surface area contributed by atoms with Gasteiger partial charge in [-0.1, -0.05) is 48.8 Å². The summed E-state index contributed by atoms with van der Waals surface area (Å²) in [5.74, 6) is 1.20. The van der Waals surface area contributed by atoms with E-state index in [0.717, 1.165) is 10.9 Å². The number of nitrogens with two attached hydrogens (primary N) is 1. The highest BCUT2D eigenvalue weighted by molar-refractivity contribution is 9.10. The van der Waals surface area contributed by atoms with Crippen LogP contribution in [0.3, 0.4) is 0 Å². The summed E-state index contributed by atoms with van der Waals surface area (Å²) in [5.41, 5.74) is 7.49. The van der Waals surface area contributed by atoms with Crippen LogP contribution in [-0.2, 0) is 6.42 Å². The highest BCUT2D eigenvalue weighted by Crippen LogP contribution is 2.18. The zero-order chi connectivity index (χ0) is 11.4.